The number of rotatable bonds is 3. The van der Waals surface area contributed by atoms with E-state index < -0.39 is 0 Å². The van der Waals surface area contributed by atoms with Crippen LogP contribution in [0.2, 0.25) is 0 Å². The van der Waals surface area contributed by atoms with Gasteiger partial charge in [-0.15, -0.1) is 0 Å². The first-order valence-electron chi connectivity index (χ1n) is 7.53. The second kappa shape index (κ2) is 6.45. The van der Waals surface area contributed by atoms with E-state index in [-0.39, 0.29) is 17.9 Å². The predicted molar refractivity (Wildman–Crippen MR) is 79.2 cm³/mol. The highest BCUT2D eigenvalue weighted by Crippen LogP contribution is 2.31. The zero-order valence-electron chi connectivity index (χ0n) is 12.4. The molecule has 0 saturated carbocycles. The number of hydrogen-bond acceptors (Lipinski definition) is 4. The Labute approximate surface area is 125 Å². The standard InChI is InChI=1S/C16H22N2O3/c1-20-15-5-3-2-4-13(15)14-10-17-7-8-18(14)16(19)12-6-9-21-11-12/h2-5,12,14,17H,6-11H2,1H3. The van der Waals surface area contributed by atoms with E-state index in [9.17, 15) is 4.79 Å². The highest BCUT2D eigenvalue weighted by atomic mass is 16.5. The predicted octanol–water partition coefficient (Wildman–Crippen LogP) is 1.20. The summed E-state index contributed by atoms with van der Waals surface area (Å²) in [6.45, 7) is 3.59. The Morgan fingerprint density at radius 1 is 1.43 bits per heavy atom. The van der Waals surface area contributed by atoms with Crippen molar-refractivity contribution in [2.75, 3.05) is 40.0 Å². The fourth-order valence-electron chi connectivity index (χ4n) is 3.15. The average Bonchev–Trinajstić information content (AvgIpc) is 3.08. The van der Waals surface area contributed by atoms with E-state index >= 15 is 0 Å². The van der Waals surface area contributed by atoms with Gasteiger partial charge in [0.1, 0.15) is 5.75 Å². The van der Waals surface area contributed by atoms with Crippen molar-refractivity contribution >= 4 is 5.91 Å². The number of methoxy groups -OCH3 is 1. The molecule has 2 unspecified atom stereocenters. The van der Waals surface area contributed by atoms with Gasteiger partial charge in [0.25, 0.3) is 0 Å². The van der Waals surface area contributed by atoms with Gasteiger partial charge >= 0.3 is 0 Å². The zero-order valence-corrected chi connectivity index (χ0v) is 12.4. The third kappa shape index (κ3) is 2.89. The van der Waals surface area contributed by atoms with Gasteiger partial charge in [0.2, 0.25) is 5.91 Å². The molecule has 2 aliphatic rings. The minimum Gasteiger partial charge on any atom is -0.496 e. The quantitative estimate of drug-likeness (QED) is 0.909. The maximum atomic E-state index is 12.8. The van der Waals surface area contributed by atoms with Crippen LogP contribution in [-0.2, 0) is 9.53 Å². The molecular weight excluding hydrogens is 268 g/mol. The second-order valence-corrected chi connectivity index (χ2v) is 5.55. The third-order valence-corrected chi connectivity index (χ3v) is 4.30. The first kappa shape index (κ1) is 14.4. The lowest BCUT2D eigenvalue weighted by Crippen LogP contribution is -2.50. The summed E-state index contributed by atoms with van der Waals surface area (Å²) >= 11 is 0. The van der Waals surface area contributed by atoms with E-state index in [1.165, 1.54) is 0 Å². The topological polar surface area (TPSA) is 50.8 Å². The molecule has 21 heavy (non-hydrogen) atoms. The van der Waals surface area contributed by atoms with Gasteiger partial charge < -0.3 is 19.7 Å². The van der Waals surface area contributed by atoms with Crippen LogP contribution in [0.4, 0.5) is 0 Å². The van der Waals surface area contributed by atoms with E-state index in [1.54, 1.807) is 7.11 Å². The van der Waals surface area contributed by atoms with Crippen LogP contribution >= 0.6 is 0 Å². The zero-order chi connectivity index (χ0) is 14.7. The van der Waals surface area contributed by atoms with Crippen molar-refractivity contribution in [2.24, 2.45) is 5.92 Å². The van der Waals surface area contributed by atoms with E-state index in [0.717, 1.165) is 37.4 Å². The van der Waals surface area contributed by atoms with Gasteiger partial charge in [-0.1, -0.05) is 18.2 Å². The molecule has 5 nitrogen and oxygen atoms in total. The molecule has 0 radical (unpaired) electrons. The number of ether oxygens (including phenoxy) is 2. The lowest BCUT2D eigenvalue weighted by atomic mass is 9.99. The van der Waals surface area contributed by atoms with Gasteiger partial charge in [0, 0.05) is 31.8 Å². The van der Waals surface area contributed by atoms with Gasteiger partial charge in [-0.3, -0.25) is 4.79 Å². The molecule has 1 aromatic rings. The summed E-state index contributed by atoms with van der Waals surface area (Å²) in [6, 6.07) is 7.97. The Morgan fingerprint density at radius 3 is 3.05 bits per heavy atom. The number of nitrogens with one attached hydrogen (secondary N) is 1. The lowest BCUT2D eigenvalue weighted by Gasteiger charge is -2.38. The molecule has 5 heteroatoms. The molecule has 1 N–H and O–H groups in total. The van der Waals surface area contributed by atoms with Crippen LogP contribution in [0.3, 0.4) is 0 Å². The molecule has 2 saturated heterocycles. The Kier molecular flexibility index (Phi) is 4.41. The van der Waals surface area contributed by atoms with Crippen molar-refractivity contribution in [3.8, 4) is 5.75 Å². The number of piperazine rings is 1. The minimum atomic E-state index is 0.0142. The average molecular weight is 290 g/mol. The Hall–Kier alpha value is -1.59. The maximum absolute atomic E-state index is 12.8. The van der Waals surface area contributed by atoms with Crippen LogP contribution in [0.1, 0.15) is 18.0 Å². The molecular formula is C16H22N2O3. The summed E-state index contributed by atoms with van der Waals surface area (Å²) in [5, 5.41) is 3.38. The van der Waals surface area contributed by atoms with Crippen LogP contribution < -0.4 is 10.1 Å². The van der Waals surface area contributed by atoms with E-state index in [2.05, 4.69) is 5.32 Å². The summed E-state index contributed by atoms with van der Waals surface area (Å²) in [4.78, 5) is 14.8. The maximum Gasteiger partial charge on any atom is 0.228 e. The summed E-state index contributed by atoms with van der Waals surface area (Å²) in [5.74, 6) is 1.07. The van der Waals surface area contributed by atoms with E-state index in [4.69, 9.17) is 9.47 Å². The lowest BCUT2D eigenvalue weighted by molar-refractivity contribution is -0.139. The largest absolute Gasteiger partial charge is 0.496 e. The summed E-state index contributed by atoms with van der Waals surface area (Å²) < 4.78 is 10.8. The number of carbonyl (C=O) groups excluding carboxylic acids is 1. The minimum absolute atomic E-state index is 0.0142. The van der Waals surface area contributed by atoms with Gasteiger partial charge in [0.05, 0.1) is 25.7 Å². The molecule has 2 atom stereocenters. The van der Waals surface area contributed by atoms with Crippen LogP contribution in [0, 0.1) is 5.92 Å². The van der Waals surface area contributed by atoms with Gasteiger partial charge in [-0.2, -0.15) is 0 Å². The van der Waals surface area contributed by atoms with Gasteiger partial charge in [-0.25, -0.2) is 0 Å². The number of amides is 1. The van der Waals surface area contributed by atoms with Crippen LogP contribution in [0.25, 0.3) is 0 Å². The molecule has 2 fully saturated rings. The fraction of sp³-hybridized carbons (Fsp3) is 0.562. The SMILES string of the molecule is COc1ccccc1C1CNCCN1C(=O)C1CCOC1. The molecule has 0 bridgehead atoms. The van der Waals surface area contributed by atoms with Crippen molar-refractivity contribution < 1.29 is 14.3 Å². The Balaban J connectivity index is 1.85. The molecule has 3 rings (SSSR count). The summed E-state index contributed by atoms with van der Waals surface area (Å²) in [7, 11) is 1.67. The molecule has 114 valence electrons. The van der Waals surface area contributed by atoms with Crippen molar-refractivity contribution in [3.05, 3.63) is 29.8 Å². The van der Waals surface area contributed by atoms with Gasteiger partial charge in [-0.05, 0) is 12.5 Å². The summed E-state index contributed by atoms with van der Waals surface area (Å²) in [5.41, 5.74) is 1.07. The Morgan fingerprint density at radius 2 is 2.29 bits per heavy atom. The molecule has 2 aliphatic heterocycles. The number of benzene rings is 1. The molecule has 0 spiro atoms. The first-order valence-corrected chi connectivity index (χ1v) is 7.53. The van der Waals surface area contributed by atoms with Crippen LogP contribution in [0.15, 0.2) is 24.3 Å². The first-order chi connectivity index (χ1) is 10.3. The number of carbonyl (C=O) groups is 1. The smallest absolute Gasteiger partial charge is 0.228 e. The highest BCUT2D eigenvalue weighted by molar-refractivity contribution is 5.80. The Bertz CT molecular complexity index is 500. The van der Waals surface area contributed by atoms with Crippen LogP contribution in [-0.4, -0.2) is 50.8 Å². The molecule has 1 amide bonds. The van der Waals surface area contributed by atoms with Crippen molar-refractivity contribution in [1.29, 1.82) is 0 Å². The van der Waals surface area contributed by atoms with E-state index in [1.807, 2.05) is 29.2 Å². The number of hydrogen-bond donors (Lipinski definition) is 1. The van der Waals surface area contributed by atoms with E-state index in [0.29, 0.717) is 13.2 Å². The molecule has 1 aromatic carbocycles. The number of nitrogens with zero attached hydrogens (tertiary/aromatic N) is 1. The molecule has 0 aliphatic carbocycles. The van der Waals surface area contributed by atoms with Crippen molar-refractivity contribution in [2.45, 2.75) is 12.5 Å². The molecule has 2 heterocycles. The van der Waals surface area contributed by atoms with Crippen molar-refractivity contribution in [1.82, 2.24) is 10.2 Å². The highest BCUT2D eigenvalue weighted by Gasteiger charge is 2.35. The second-order valence-electron chi connectivity index (χ2n) is 5.55. The third-order valence-electron chi connectivity index (χ3n) is 4.30. The molecule has 0 aromatic heterocycles. The fourth-order valence-corrected chi connectivity index (χ4v) is 3.15. The summed E-state index contributed by atoms with van der Waals surface area (Å²) in [6.07, 6.45) is 0.835. The van der Waals surface area contributed by atoms with Gasteiger partial charge in [0.15, 0.2) is 0 Å². The normalized spacial score (nSPS) is 25.9. The monoisotopic (exact) mass is 290 g/mol. The number of para-hydroxylation sites is 1. The van der Waals surface area contributed by atoms with Crippen LogP contribution in [0.5, 0.6) is 5.75 Å². The van der Waals surface area contributed by atoms with Crippen molar-refractivity contribution in [3.63, 3.8) is 0 Å².